The molecule has 90 valence electrons. The molecule has 2 aromatic heterocycles. The lowest BCUT2D eigenvalue weighted by atomic mass is 10.2. The van der Waals surface area contributed by atoms with Crippen LogP contribution in [-0.2, 0) is 0 Å². The average Bonchev–Trinajstić information content (AvgIpc) is 2.67. The molecule has 0 aliphatic carbocycles. The molecule has 2 aromatic rings. The summed E-state index contributed by atoms with van der Waals surface area (Å²) in [5.41, 5.74) is 1.51. The molecule has 0 unspecified atom stereocenters. The summed E-state index contributed by atoms with van der Waals surface area (Å²) in [4.78, 5) is 14.0. The molecule has 0 aliphatic heterocycles. The molecule has 0 amide bonds. The number of pyridine rings is 1. The normalized spacial score (nSPS) is 10.1. The molecule has 0 bridgehead atoms. The Labute approximate surface area is 102 Å². The van der Waals surface area contributed by atoms with Crippen molar-refractivity contribution >= 4 is 5.69 Å². The second kappa shape index (κ2) is 4.25. The fourth-order valence-electron chi connectivity index (χ4n) is 1.64. The molecule has 0 saturated heterocycles. The third-order valence-electron chi connectivity index (χ3n) is 2.39. The van der Waals surface area contributed by atoms with Gasteiger partial charge in [-0.15, -0.1) is 0 Å². The molecule has 18 heavy (non-hydrogen) atoms. The highest BCUT2D eigenvalue weighted by Crippen LogP contribution is 2.18. The van der Waals surface area contributed by atoms with Crippen LogP contribution in [0.2, 0.25) is 0 Å². The van der Waals surface area contributed by atoms with Gasteiger partial charge in [-0.2, -0.15) is 10.4 Å². The van der Waals surface area contributed by atoms with Crippen LogP contribution in [0.1, 0.15) is 17.0 Å². The SMILES string of the molecule is Cc1cc(C)n(-c2ncc([N+](=O)[O-])cc2C#N)n1. The summed E-state index contributed by atoms with van der Waals surface area (Å²) in [7, 11) is 0. The van der Waals surface area contributed by atoms with Gasteiger partial charge in [0.15, 0.2) is 5.82 Å². The van der Waals surface area contributed by atoms with E-state index in [9.17, 15) is 10.1 Å². The molecule has 2 heterocycles. The predicted octanol–water partition coefficient (Wildman–Crippen LogP) is 1.66. The van der Waals surface area contributed by atoms with Gasteiger partial charge in [0.05, 0.1) is 10.6 Å². The van der Waals surface area contributed by atoms with Crippen LogP contribution >= 0.6 is 0 Å². The Kier molecular flexibility index (Phi) is 2.77. The maximum Gasteiger partial charge on any atom is 0.289 e. The van der Waals surface area contributed by atoms with E-state index in [1.807, 2.05) is 26.0 Å². The first-order chi connectivity index (χ1) is 8.52. The topological polar surface area (TPSA) is 97.6 Å². The van der Waals surface area contributed by atoms with Gasteiger partial charge in [0.2, 0.25) is 0 Å². The predicted molar refractivity (Wildman–Crippen MR) is 62.2 cm³/mol. The summed E-state index contributed by atoms with van der Waals surface area (Å²) in [6.45, 7) is 3.64. The lowest BCUT2D eigenvalue weighted by Crippen LogP contribution is -2.05. The van der Waals surface area contributed by atoms with E-state index in [0.29, 0.717) is 5.82 Å². The summed E-state index contributed by atoms with van der Waals surface area (Å²) >= 11 is 0. The van der Waals surface area contributed by atoms with E-state index in [4.69, 9.17) is 5.26 Å². The van der Waals surface area contributed by atoms with E-state index < -0.39 is 4.92 Å². The Morgan fingerprint density at radius 1 is 1.44 bits per heavy atom. The Morgan fingerprint density at radius 3 is 2.67 bits per heavy atom. The molecule has 7 nitrogen and oxygen atoms in total. The fourth-order valence-corrected chi connectivity index (χ4v) is 1.64. The number of hydrogen-bond acceptors (Lipinski definition) is 5. The molecule has 2 rings (SSSR count). The Hall–Kier alpha value is -2.75. The lowest BCUT2D eigenvalue weighted by molar-refractivity contribution is -0.385. The number of nitrogens with zero attached hydrogens (tertiary/aromatic N) is 5. The number of aromatic nitrogens is 3. The Morgan fingerprint density at radius 2 is 2.17 bits per heavy atom. The van der Waals surface area contributed by atoms with Crippen LogP contribution in [0.3, 0.4) is 0 Å². The Balaban J connectivity index is 2.62. The number of hydrogen-bond donors (Lipinski definition) is 0. The standard InChI is InChI=1S/C11H9N5O2/c1-7-3-8(2)15(14-7)11-9(5-12)4-10(6-13-11)16(17)18/h3-4,6H,1-2H3. The molecule has 0 atom stereocenters. The van der Waals surface area contributed by atoms with Gasteiger partial charge in [-0.05, 0) is 19.9 Å². The molecule has 0 N–H and O–H groups in total. The van der Waals surface area contributed by atoms with Gasteiger partial charge < -0.3 is 0 Å². The number of rotatable bonds is 2. The minimum atomic E-state index is -0.585. The zero-order chi connectivity index (χ0) is 13.3. The van der Waals surface area contributed by atoms with Gasteiger partial charge in [-0.25, -0.2) is 9.67 Å². The number of aryl methyl sites for hydroxylation is 2. The van der Waals surface area contributed by atoms with Crippen molar-refractivity contribution in [2.24, 2.45) is 0 Å². The van der Waals surface area contributed by atoms with Crippen molar-refractivity contribution in [3.8, 4) is 11.9 Å². The minimum Gasteiger partial charge on any atom is -0.258 e. The summed E-state index contributed by atoms with van der Waals surface area (Å²) in [5.74, 6) is 0.300. The zero-order valence-corrected chi connectivity index (χ0v) is 9.78. The Bertz CT molecular complexity index is 669. The van der Waals surface area contributed by atoms with Gasteiger partial charge in [0, 0.05) is 11.8 Å². The fraction of sp³-hybridized carbons (Fsp3) is 0.182. The molecule has 7 heteroatoms. The first kappa shape index (κ1) is 11.7. The van der Waals surface area contributed by atoms with Crippen LogP contribution in [0.5, 0.6) is 0 Å². The number of nitro groups is 1. The first-order valence-corrected chi connectivity index (χ1v) is 5.11. The van der Waals surface area contributed by atoms with Crippen LogP contribution in [-0.4, -0.2) is 19.7 Å². The van der Waals surface area contributed by atoms with E-state index in [1.54, 1.807) is 0 Å². The van der Waals surface area contributed by atoms with Crippen molar-refractivity contribution in [2.75, 3.05) is 0 Å². The molecule has 0 spiro atoms. The van der Waals surface area contributed by atoms with Gasteiger partial charge >= 0.3 is 0 Å². The maximum absolute atomic E-state index is 10.6. The van der Waals surface area contributed by atoms with Gasteiger partial charge in [-0.3, -0.25) is 10.1 Å². The van der Waals surface area contributed by atoms with Gasteiger partial charge in [0.1, 0.15) is 17.8 Å². The minimum absolute atomic E-state index is 0.121. The van der Waals surface area contributed by atoms with Crippen molar-refractivity contribution in [2.45, 2.75) is 13.8 Å². The molecule has 0 aromatic carbocycles. The van der Waals surface area contributed by atoms with E-state index in [2.05, 4.69) is 10.1 Å². The van der Waals surface area contributed by atoms with Crippen LogP contribution in [0.15, 0.2) is 18.3 Å². The molecular weight excluding hydrogens is 234 g/mol. The second-order valence-electron chi connectivity index (χ2n) is 3.77. The van der Waals surface area contributed by atoms with E-state index in [-0.39, 0.29) is 11.3 Å². The highest BCUT2D eigenvalue weighted by molar-refractivity contribution is 5.49. The van der Waals surface area contributed by atoms with Crippen LogP contribution < -0.4 is 0 Å². The van der Waals surface area contributed by atoms with Crippen molar-refractivity contribution in [3.63, 3.8) is 0 Å². The van der Waals surface area contributed by atoms with Gasteiger partial charge in [0.25, 0.3) is 5.69 Å². The van der Waals surface area contributed by atoms with Crippen LogP contribution in [0.4, 0.5) is 5.69 Å². The summed E-state index contributed by atoms with van der Waals surface area (Å²) in [6, 6.07) is 4.93. The zero-order valence-electron chi connectivity index (χ0n) is 9.78. The maximum atomic E-state index is 10.6. The summed E-state index contributed by atoms with van der Waals surface area (Å²) < 4.78 is 1.50. The quantitative estimate of drug-likeness (QED) is 0.590. The molecule has 0 fully saturated rings. The largest absolute Gasteiger partial charge is 0.289 e. The highest BCUT2D eigenvalue weighted by atomic mass is 16.6. The monoisotopic (exact) mass is 243 g/mol. The lowest BCUT2D eigenvalue weighted by Gasteiger charge is -2.04. The third-order valence-corrected chi connectivity index (χ3v) is 2.39. The number of nitriles is 1. The second-order valence-corrected chi connectivity index (χ2v) is 3.77. The van der Waals surface area contributed by atoms with Crippen molar-refractivity contribution in [1.29, 1.82) is 5.26 Å². The molecular formula is C11H9N5O2. The highest BCUT2D eigenvalue weighted by Gasteiger charge is 2.15. The van der Waals surface area contributed by atoms with E-state index in [0.717, 1.165) is 17.6 Å². The summed E-state index contributed by atoms with van der Waals surface area (Å²) in [6.07, 6.45) is 1.12. The van der Waals surface area contributed by atoms with Crippen LogP contribution in [0.25, 0.3) is 5.82 Å². The molecule has 0 radical (unpaired) electrons. The molecule has 0 aliphatic rings. The summed E-state index contributed by atoms with van der Waals surface area (Å²) in [5, 5.41) is 23.8. The van der Waals surface area contributed by atoms with Gasteiger partial charge in [-0.1, -0.05) is 0 Å². The average molecular weight is 243 g/mol. The van der Waals surface area contributed by atoms with Crippen LogP contribution in [0, 0.1) is 35.3 Å². The third kappa shape index (κ3) is 1.91. The molecule has 0 saturated carbocycles. The van der Waals surface area contributed by atoms with Crippen molar-refractivity contribution in [1.82, 2.24) is 14.8 Å². The van der Waals surface area contributed by atoms with Crippen molar-refractivity contribution < 1.29 is 4.92 Å². The van der Waals surface area contributed by atoms with Crippen molar-refractivity contribution in [3.05, 3.63) is 45.4 Å². The van der Waals surface area contributed by atoms with E-state index >= 15 is 0 Å². The van der Waals surface area contributed by atoms with E-state index in [1.165, 1.54) is 10.7 Å². The smallest absolute Gasteiger partial charge is 0.258 e. The first-order valence-electron chi connectivity index (χ1n) is 5.11.